The molecule has 0 aliphatic heterocycles. The van der Waals surface area contributed by atoms with Crippen LogP contribution in [0.15, 0.2) is 102 Å². The zero-order valence-electron chi connectivity index (χ0n) is 16.2. The monoisotopic (exact) mass is 390 g/mol. The number of nitriles is 1. The normalized spacial score (nSPS) is 10.4. The van der Waals surface area contributed by atoms with Gasteiger partial charge >= 0.3 is 0 Å². The van der Waals surface area contributed by atoms with Crippen LogP contribution in [0.4, 0.5) is 0 Å². The molecule has 0 radical (unpaired) electrons. The lowest BCUT2D eigenvalue weighted by molar-refractivity contribution is 0.0993. The van der Waals surface area contributed by atoms with Gasteiger partial charge in [0.2, 0.25) is 0 Å². The standard InChI is InChI=1S/C26H18N2O2/c27-18-23-21(17-25(29)20-12-6-2-7-13-20)16-24(19-10-4-1-5-11-19)28(26(23)30)22-14-8-3-9-15-22/h1-16H,17H2. The quantitative estimate of drug-likeness (QED) is 0.460. The third-order valence-corrected chi connectivity index (χ3v) is 4.93. The number of nitrogens with zero attached hydrogens (tertiary/aromatic N) is 2. The molecule has 0 saturated heterocycles. The predicted octanol–water partition coefficient (Wildman–Crippen LogP) is 4.80. The van der Waals surface area contributed by atoms with E-state index in [0.717, 1.165) is 5.56 Å². The van der Waals surface area contributed by atoms with Crippen LogP contribution >= 0.6 is 0 Å². The van der Waals surface area contributed by atoms with Gasteiger partial charge in [-0.05, 0) is 29.3 Å². The Hall–Kier alpha value is -4.23. The van der Waals surface area contributed by atoms with Crippen molar-refractivity contribution >= 4 is 5.78 Å². The summed E-state index contributed by atoms with van der Waals surface area (Å²) >= 11 is 0. The molecule has 0 amide bonds. The first-order valence-electron chi connectivity index (χ1n) is 9.57. The topological polar surface area (TPSA) is 62.9 Å². The lowest BCUT2D eigenvalue weighted by Crippen LogP contribution is -2.25. The fraction of sp³-hybridized carbons (Fsp3) is 0.0385. The second kappa shape index (κ2) is 8.42. The highest BCUT2D eigenvalue weighted by atomic mass is 16.1. The van der Waals surface area contributed by atoms with Crippen LogP contribution in [0.3, 0.4) is 0 Å². The van der Waals surface area contributed by atoms with Crippen molar-refractivity contribution in [3.8, 4) is 23.0 Å². The van der Waals surface area contributed by atoms with Crippen LogP contribution in [0.25, 0.3) is 16.9 Å². The van der Waals surface area contributed by atoms with Gasteiger partial charge in [0.15, 0.2) is 5.78 Å². The van der Waals surface area contributed by atoms with Crippen LogP contribution in [0.2, 0.25) is 0 Å². The molecule has 1 heterocycles. The van der Waals surface area contributed by atoms with Gasteiger partial charge in [-0.15, -0.1) is 0 Å². The summed E-state index contributed by atoms with van der Waals surface area (Å²) in [6.07, 6.45) is -0.0163. The molecule has 1 aromatic heterocycles. The number of pyridine rings is 1. The highest BCUT2D eigenvalue weighted by molar-refractivity contribution is 5.97. The smallest absolute Gasteiger partial charge is 0.273 e. The third-order valence-electron chi connectivity index (χ3n) is 4.93. The van der Waals surface area contributed by atoms with Gasteiger partial charge in [-0.1, -0.05) is 78.9 Å². The molecule has 4 aromatic rings. The maximum absolute atomic E-state index is 13.4. The largest absolute Gasteiger partial charge is 0.294 e. The van der Waals surface area contributed by atoms with Crippen LogP contribution in [-0.4, -0.2) is 10.4 Å². The van der Waals surface area contributed by atoms with E-state index in [9.17, 15) is 14.9 Å². The highest BCUT2D eigenvalue weighted by Crippen LogP contribution is 2.24. The molecule has 0 bridgehead atoms. The van der Waals surface area contributed by atoms with Crippen LogP contribution in [0.1, 0.15) is 21.5 Å². The van der Waals surface area contributed by atoms with Crippen molar-refractivity contribution in [2.45, 2.75) is 6.42 Å². The van der Waals surface area contributed by atoms with Crippen molar-refractivity contribution in [2.75, 3.05) is 0 Å². The van der Waals surface area contributed by atoms with Gasteiger partial charge in [0.1, 0.15) is 11.6 Å². The lowest BCUT2D eigenvalue weighted by Gasteiger charge is -2.16. The van der Waals surface area contributed by atoms with Crippen molar-refractivity contribution in [1.29, 1.82) is 5.26 Å². The van der Waals surface area contributed by atoms with Crippen LogP contribution in [0, 0.1) is 11.3 Å². The second-order valence-electron chi connectivity index (χ2n) is 6.85. The second-order valence-corrected chi connectivity index (χ2v) is 6.85. The summed E-state index contributed by atoms with van der Waals surface area (Å²) < 4.78 is 1.53. The average Bonchev–Trinajstić information content (AvgIpc) is 2.80. The summed E-state index contributed by atoms with van der Waals surface area (Å²) in [6.45, 7) is 0. The average molecular weight is 390 g/mol. The van der Waals surface area contributed by atoms with Gasteiger partial charge in [-0.25, -0.2) is 0 Å². The summed E-state index contributed by atoms with van der Waals surface area (Å²) in [5.41, 5.74) is 2.68. The summed E-state index contributed by atoms with van der Waals surface area (Å²) in [6, 6.07) is 31.4. The Morgan fingerprint density at radius 3 is 2.00 bits per heavy atom. The van der Waals surface area contributed by atoms with E-state index >= 15 is 0 Å². The minimum atomic E-state index is -0.430. The number of carbonyl (C=O) groups excluding carboxylic acids is 1. The Balaban J connectivity index is 1.93. The van der Waals surface area contributed by atoms with E-state index in [0.29, 0.717) is 22.5 Å². The van der Waals surface area contributed by atoms with Gasteiger partial charge in [0.05, 0.1) is 5.69 Å². The van der Waals surface area contributed by atoms with Crippen LogP contribution in [0.5, 0.6) is 0 Å². The van der Waals surface area contributed by atoms with Crippen LogP contribution in [-0.2, 0) is 6.42 Å². The Kier molecular flexibility index (Phi) is 5.36. The SMILES string of the molecule is N#Cc1c(CC(=O)c2ccccc2)cc(-c2ccccc2)n(-c2ccccc2)c1=O. The van der Waals surface area contributed by atoms with Crippen LogP contribution < -0.4 is 5.56 Å². The minimum absolute atomic E-state index is 0.0113. The molecule has 3 aromatic carbocycles. The van der Waals surface area contributed by atoms with Gasteiger partial charge in [0, 0.05) is 17.7 Å². The molecule has 0 fully saturated rings. The molecule has 4 nitrogen and oxygen atoms in total. The number of aromatic nitrogens is 1. The number of hydrogen-bond donors (Lipinski definition) is 0. The molecule has 4 rings (SSSR count). The molecular formula is C26H18N2O2. The van der Waals surface area contributed by atoms with Crippen molar-refractivity contribution in [3.63, 3.8) is 0 Å². The number of hydrogen-bond acceptors (Lipinski definition) is 3. The Morgan fingerprint density at radius 1 is 0.833 bits per heavy atom. The van der Waals surface area contributed by atoms with E-state index in [1.165, 1.54) is 4.57 Å². The first-order valence-corrected chi connectivity index (χ1v) is 9.57. The minimum Gasteiger partial charge on any atom is -0.294 e. The number of rotatable bonds is 5. The van der Waals surface area contributed by atoms with E-state index in [4.69, 9.17) is 0 Å². The molecule has 0 spiro atoms. The molecule has 0 N–H and O–H groups in total. The molecule has 4 heteroatoms. The number of benzene rings is 3. The first-order chi connectivity index (χ1) is 14.7. The van der Waals surface area contributed by atoms with Crippen molar-refractivity contribution in [2.24, 2.45) is 0 Å². The van der Waals surface area contributed by atoms with Crippen molar-refractivity contribution < 1.29 is 4.79 Å². The maximum Gasteiger partial charge on any atom is 0.273 e. The van der Waals surface area contributed by atoms with Crippen molar-refractivity contribution in [3.05, 3.63) is 124 Å². The van der Waals surface area contributed by atoms with E-state index in [1.807, 2.05) is 72.8 Å². The highest BCUT2D eigenvalue weighted by Gasteiger charge is 2.19. The zero-order chi connectivity index (χ0) is 20.9. The molecular weight excluding hydrogens is 372 g/mol. The van der Waals surface area contributed by atoms with Crippen molar-refractivity contribution in [1.82, 2.24) is 4.57 Å². The first kappa shape index (κ1) is 19.1. The number of Topliss-reactive ketones (excluding diaryl/α,β-unsaturated/α-hetero) is 1. The summed E-state index contributed by atoms with van der Waals surface area (Å²) in [4.78, 5) is 26.1. The number of ketones is 1. The number of para-hydroxylation sites is 1. The zero-order valence-corrected chi connectivity index (χ0v) is 16.2. The van der Waals surface area contributed by atoms with Gasteiger partial charge in [-0.2, -0.15) is 5.26 Å². The fourth-order valence-electron chi connectivity index (χ4n) is 3.47. The van der Waals surface area contributed by atoms with E-state index < -0.39 is 5.56 Å². The predicted molar refractivity (Wildman–Crippen MR) is 117 cm³/mol. The van der Waals surface area contributed by atoms with E-state index in [-0.39, 0.29) is 17.8 Å². The van der Waals surface area contributed by atoms with E-state index in [2.05, 4.69) is 0 Å². The summed E-state index contributed by atoms with van der Waals surface area (Å²) in [5.74, 6) is -0.136. The molecule has 0 aliphatic rings. The molecule has 144 valence electrons. The molecule has 0 saturated carbocycles. The van der Waals surface area contributed by atoms with E-state index in [1.54, 1.807) is 30.3 Å². The number of carbonyl (C=O) groups is 1. The Morgan fingerprint density at radius 2 is 1.40 bits per heavy atom. The molecule has 0 aliphatic carbocycles. The summed E-state index contributed by atoms with van der Waals surface area (Å²) in [5, 5.41) is 9.74. The molecule has 30 heavy (non-hydrogen) atoms. The Labute approximate surface area is 174 Å². The van der Waals surface area contributed by atoms with Gasteiger partial charge in [0.25, 0.3) is 5.56 Å². The molecule has 0 unspecified atom stereocenters. The maximum atomic E-state index is 13.4. The van der Waals surface area contributed by atoms with Gasteiger partial charge in [-0.3, -0.25) is 14.2 Å². The van der Waals surface area contributed by atoms with Gasteiger partial charge < -0.3 is 0 Å². The third kappa shape index (κ3) is 3.69. The Bertz CT molecular complexity index is 1290. The summed E-state index contributed by atoms with van der Waals surface area (Å²) in [7, 11) is 0. The molecule has 0 atom stereocenters. The fourth-order valence-corrected chi connectivity index (χ4v) is 3.47. The lowest BCUT2D eigenvalue weighted by atomic mass is 9.97.